The van der Waals surface area contributed by atoms with Gasteiger partial charge in [0.1, 0.15) is 0 Å². The summed E-state index contributed by atoms with van der Waals surface area (Å²) in [6.07, 6.45) is 4.31. The first-order valence-corrected chi connectivity index (χ1v) is 6.57. The largest absolute Gasteiger partial charge is 0.373 e. The summed E-state index contributed by atoms with van der Waals surface area (Å²) in [4.78, 5) is 4.46. The highest BCUT2D eigenvalue weighted by Crippen LogP contribution is 2.49. The molecule has 1 aromatic heterocycles. The zero-order valence-corrected chi connectivity index (χ0v) is 10.1. The number of rotatable bonds is 2. The van der Waals surface area contributed by atoms with Crippen molar-refractivity contribution in [1.82, 2.24) is 4.98 Å². The fraction of sp³-hybridized carbons (Fsp3) is 0.667. The smallest absolute Gasteiger partial charge is 0.0945 e. The van der Waals surface area contributed by atoms with Gasteiger partial charge in [0.05, 0.1) is 28.7 Å². The van der Waals surface area contributed by atoms with Crippen LogP contribution in [0, 0.1) is 23.7 Å². The van der Waals surface area contributed by atoms with Crippen molar-refractivity contribution in [3.05, 3.63) is 16.1 Å². The van der Waals surface area contributed by atoms with Crippen LogP contribution in [-0.4, -0.2) is 17.2 Å². The van der Waals surface area contributed by atoms with Crippen LogP contribution in [0.1, 0.15) is 30.0 Å². The molecule has 3 heterocycles. The standard InChI is InChI=1S/C12H14N2OS/c1-8-6-16-11(14-8)5-12(7-13)4-9-2-3-10(12)15-9/h6,9-10H,2-5H2,1H3. The van der Waals surface area contributed by atoms with Gasteiger partial charge in [0, 0.05) is 17.5 Å². The Morgan fingerprint density at radius 3 is 3.06 bits per heavy atom. The molecule has 2 aliphatic heterocycles. The van der Waals surface area contributed by atoms with Crippen molar-refractivity contribution < 1.29 is 4.74 Å². The maximum absolute atomic E-state index is 9.45. The molecular formula is C12H14N2OS. The summed E-state index contributed by atoms with van der Waals surface area (Å²) >= 11 is 1.66. The van der Waals surface area contributed by atoms with E-state index in [4.69, 9.17) is 4.74 Å². The molecule has 0 aromatic carbocycles. The molecular weight excluding hydrogens is 220 g/mol. The minimum Gasteiger partial charge on any atom is -0.373 e. The number of ether oxygens (including phenoxy) is 1. The first-order chi connectivity index (χ1) is 7.72. The molecule has 16 heavy (non-hydrogen) atoms. The van der Waals surface area contributed by atoms with Gasteiger partial charge in [-0.3, -0.25) is 0 Å². The Balaban J connectivity index is 1.85. The van der Waals surface area contributed by atoms with E-state index in [-0.39, 0.29) is 11.5 Å². The third-order valence-corrected chi connectivity index (χ3v) is 4.64. The molecule has 3 nitrogen and oxygen atoms in total. The van der Waals surface area contributed by atoms with Crippen LogP contribution < -0.4 is 0 Å². The molecule has 2 bridgehead atoms. The number of hydrogen-bond donors (Lipinski definition) is 0. The van der Waals surface area contributed by atoms with E-state index in [1.807, 2.05) is 6.92 Å². The summed E-state index contributed by atoms with van der Waals surface area (Å²) in [5.74, 6) is 0. The summed E-state index contributed by atoms with van der Waals surface area (Å²) in [7, 11) is 0. The Labute approximate surface area is 99.1 Å². The fourth-order valence-corrected chi connectivity index (χ4v) is 3.79. The molecule has 0 aliphatic carbocycles. The predicted molar refractivity (Wildman–Crippen MR) is 61.1 cm³/mol. The SMILES string of the molecule is Cc1csc(CC2(C#N)CC3CCC2O3)n1. The van der Waals surface area contributed by atoms with Crippen LogP contribution in [0.2, 0.25) is 0 Å². The van der Waals surface area contributed by atoms with Crippen LogP contribution in [0.3, 0.4) is 0 Å². The van der Waals surface area contributed by atoms with Gasteiger partial charge in [-0.15, -0.1) is 11.3 Å². The van der Waals surface area contributed by atoms with E-state index < -0.39 is 0 Å². The molecule has 0 saturated carbocycles. The van der Waals surface area contributed by atoms with Crippen LogP contribution in [0.15, 0.2) is 5.38 Å². The number of hydrogen-bond acceptors (Lipinski definition) is 4. The quantitative estimate of drug-likeness (QED) is 0.789. The summed E-state index contributed by atoms with van der Waals surface area (Å²) in [5.41, 5.74) is 0.755. The maximum Gasteiger partial charge on any atom is 0.0945 e. The average molecular weight is 234 g/mol. The minimum atomic E-state index is -0.298. The molecule has 2 fully saturated rings. The fourth-order valence-electron chi connectivity index (χ4n) is 2.90. The molecule has 2 saturated heterocycles. The summed E-state index contributed by atoms with van der Waals surface area (Å²) in [5, 5.41) is 12.6. The number of aromatic nitrogens is 1. The van der Waals surface area contributed by atoms with Gasteiger partial charge in [-0.1, -0.05) is 0 Å². The van der Waals surface area contributed by atoms with Crippen LogP contribution in [0.25, 0.3) is 0 Å². The van der Waals surface area contributed by atoms with E-state index >= 15 is 0 Å². The highest BCUT2D eigenvalue weighted by molar-refractivity contribution is 7.09. The van der Waals surface area contributed by atoms with E-state index in [9.17, 15) is 5.26 Å². The molecule has 3 unspecified atom stereocenters. The van der Waals surface area contributed by atoms with Crippen molar-refractivity contribution in [3.63, 3.8) is 0 Å². The second kappa shape index (κ2) is 3.54. The van der Waals surface area contributed by atoms with Gasteiger partial charge in [-0.2, -0.15) is 5.26 Å². The maximum atomic E-state index is 9.45. The zero-order valence-electron chi connectivity index (χ0n) is 9.27. The normalized spacial score (nSPS) is 36.5. The Bertz CT molecular complexity index is 450. The molecule has 0 amide bonds. The minimum absolute atomic E-state index is 0.145. The van der Waals surface area contributed by atoms with Gasteiger partial charge in [0.25, 0.3) is 0 Å². The summed E-state index contributed by atoms with van der Waals surface area (Å²) in [6.45, 7) is 2.00. The molecule has 84 valence electrons. The van der Waals surface area contributed by atoms with Gasteiger partial charge in [0.15, 0.2) is 0 Å². The summed E-state index contributed by atoms with van der Waals surface area (Å²) in [6, 6.07) is 2.51. The van der Waals surface area contributed by atoms with E-state index in [1.165, 1.54) is 0 Å². The van der Waals surface area contributed by atoms with Crippen molar-refractivity contribution in [2.75, 3.05) is 0 Å². The topological polar surface area (TPSA) is 45.9 Å². The van der Waals surface area contributed by atoms with Gasteiger partial charge in [0.2, 0.25) is 0 Å². The van der Waals surface area contributed by atoms with Gasteiger partial charge in [-0.05, 0) is 26.2 Å². The third kappa shape index (κ3) is 1.47. The number of nitriles is 1. The van der Waals surface area contributed by atoms with Gasteiger partial charge in [-0.25, -0.2) is 4.98 Å². The molecule has 3 atom stereocenters. The zero-order chi connectivity index (χ0) is 11.2. The first-order valence-electron chi connectivity index (χ1n) is 5.69. The lowest BCUT2D eigenvalue weighted by Crippen LogP contribution is -2.33. The lowest BCUT2D eigenvalue weighted by molar-refractivity contribution is 0.0787. The molecule has 3 rings (SSSR count). The Morgan fingerprint density at radius 1 is 1.69 bits per heavy atom. The third-order valence-electron chi connectivity index (χ3n) is 3.67. The molecule has 0 spiro atoms. The van der Waals surface area contributed by atoms with E-state index in [0.717, 1.165) is 36.4 Å². The van der Waals surface area contributed by atoms with Crippen LogP contribution >= 0.6 is 11.3 Å². The molecule has 0 radical (unpaired) electrons. The molecule has 0 N–H and O–H groups in total. The van der Waals surface area contributed by atoms with Crippen molar-refractivity contribution >= 4 is 11.3 Å². The van der Waals surface area contributed by atoms with Crippen LogP contribution in [-0.2, 0) is 11.2 Å². The highest BCUT2D eigenvalue weighted by Gasteiger charge is 2.53. The van der Waals surface area contributed by atoms with E-state index in [1.54, 1.807) is 11.3 Å². The highest BCUT2D eigenvalue weighted by atomic mass is 32.1. The van der Waals surface area contributed by atoms with Gasteiger partial charge < -0.3 is 4.74 Å². The van der Waals surface area contributed by atoms with Crippen molar-refractivity contribution in [1.29, 1.82) is 5.26 Å². The number of nitrogens with zero attached hydrogens (tertiary/aromatic N) is 2. The second-order valence-corrected chi connectivity index (χ2v) is 5.80. The van der Waals surface area contributed by atoms with E-state index in [2.05, 4.69) is 16.4 Å². The lowest BCUT2D eigenvalue weighted by Gasteiger charge is -2.26. The van der Waals surface area contributed by atoms with E-state index in [0.29, 0.717) is 6.10 Å². The summed E-state index contributed by atoms with van der Waals surface area (Å²) < 4.78 is 5.81. The van der Waals surface area contributed by atoms with Crippen molar-refractivity contribution in [2.45, 2.75) is 44.8 Å². The van der Waals surface area contributed by atoms with Crippen LogP contribution in [0.4, 0.5) is 0 Å². The number of thiazole rings is 1. The number of aryl methyl sites for hydroxylation is 1. The van der Waals surface area contributed by atoms with Crippen molar-refractivity contribution in [2.24, 2.45) is 5.41 Å². The molecule has 2 aliphatic rings. The Hall–Kier alpha value is -0.920. The first kappa shape index (κ1) is 10.2. The Kier molecular flexibility index (Phi) is 2.27. The average Bonchev–Trinajstić information content (AvgIpc) is 2.94. The number of fused-ring (bicyclic) bond motifs is 2. The monoisotopic (exact) mass is 234 g/mol. The lowest BCUT2D eigenvalue weighted by atomic mass is 9.73. The Morgan fingerprint density at radius 2 is 2.56 bits per heavy atom. The second-order valence-electron chi connectivity index (χ2n) is 4.86. The van der Waals surface area contributed by atoms with Gasteiger partial charge >= 0.3 is 0 Å². The molecule has 4 heteroatoms. The predicted octanol–water partition coefficient (Wildman–Crippen LogP) is 2.46. The van der Waals surface area contributed by atoms with Crippen LogP contribution in [0.5, 0.6) is 0 Å². The van der Waals surface area contributed by atoms with Crippen molar-refractivity contribution in [3.8, 4) is 6.07 Å². The molecule has 1 aromatic rings.